The smallest absolute Gasteiger partial charge is 0.222 e. The molecule has 1 aromatic rings. The Morgan fingerprint density at radius 3 is 2.75 bits per heavy atom. The molecule has 1 aliphatic rings. The number of aromatic hydroxyl groups is 1. The third kappa shape index (κ3) is 2.17. The van der Waals surface area contributed by atoms with Crippen LogP contribution in [0.25, 0.3) is 0 Å². The molecule has 1 unspecified atom stereocenters. The summed E-state index contributed by atoms with van der Waals surface area (Å²) in [6.45, 7) is 0.958. The largest absolute Gasteiger partial charge is 0.508 e. The van der Waals surface area contributed by atoms with Crippen molar-refractivity contribution in [3.8, 4) is 5.75 Å². The maximum Gasteiger partial charge on any atom is 0.222 e. The number of phenolic OH excluding ortho intramolecular Hbond substituents is 1. The van der Waals surface area contributed by atoms with Crippen molar-refractivity contribution in [2.75, 3.05) is 13.1 Å². The lowest BCUT2D eigenvalue weighted by atomic mass is 10.1. The first kappa shape index (κ1) is 11.0. The molecule has 0 aliphatic carbocycles. The van der Waals surface area contributed by atoms with Crippen LogP contribution in [0, 0.1) is 0 Å². The van der Waals surface area contributed by atoms with Crippen LogP contribution in [0.3, 0.4) is 0 Å². The van der Waals surface area contributed by atoms with E-state index in [0.29, 0.717) is 18.5 Å². The SMILES string of the molecule is O=C1CCCN1CC(O)c1ccccc1O. The highest BCUT2D eigenvalue weighted by Crippen LogP contribution is 2.25. The van der Waals surface area contributed by atoms with E-state index in [1.54, 1.807) is 23.1 Å². The highest BCUT2D eigenvalue weighted by Gasteiger charge is 2.24. The van der Waals surface area contributed by atoms with Crippen molar-refractivity contribution in [1.82, 2.24) is 4.90 Å². The summed E-state index contributed by atoms with van der Waals surface area (Å²) in [4.78, 5) is 13.0. The van der Waals surface area contributed by atoms with Gasteiger partial charge in [-0.2, -0.15) is 0 Å². The standard InChI is InChI=1S/C12H15NO3/c14-10-5-2-1-4-9(10)11(15)8-13-7-3-6-12(13)16/h1-2,4-5,11,14-15H,3,6-8H2. The van der Waals surface area contributed by atoms with Gasteiger partial charge in [-0.1, -0.05) is 18.2 Å². The molecule has 4 nitrogen and oxygen atoms in total. The Balaban J connectivity index is 2.05. The molecule has 86 valence electrons. The van der Waals surface area contributed by atoms with Crippen LogP contribution >= 0.6 is 0 Å². The number of hydrogen-bond donors (Lipinski definition) is 2. The van der Waals surface area contributed by atoms with Crippen molar-refractivity contribution < 1.29 is 15.0 Å². The maximum absolute atomic E-state index is 11.4. The molecule has 0 aromatic heterocycles. The number of benzene rings is 1. The van der Waals surface area contributed by atoms with E-state index < -0.39 is 6.10 Å². The molecule has 1 aliphatic heterocycles. The third-order valence-electron chi connectivity index (χ3n) is 2.86. The molecule has 4 heteroatoms. The van der Waals surface area contributed by atoms with Gasteiger partial charge in [0.25, 0.3) is 0 Å². The topological polar surface area (TPSA) is 60.8 Å². The Bertz CT molecular complexity index is 392. The van der Waals surface area contributed by atoms with Crippen molar-refractivity contribution in [3.63, 3.8) is 0 Å². The fraction of sp³-hybridized carbons (Fsp3) is 0.417. The van der Waals surface area contributed by atoms with Gasteiger partial charge in [-0.15, -0.1) is 0 Å². The number of rotatable bonds is 3. The summed E-state index contributed by atoms with van der Waals surface area (Å²) in [5.74, 6) is 0.149. The third-order valence-corrected chi connectivity index (χ3v) is 2.86. The molecule has 0 bridgehead atoms. The highest BCUT2D eigenvalue weighted by atomic mass is 16.3. The van der Waals surface area contributed by atoms with E-state index in [2.05, 4.69) is 0 Å². The van der Waals surface area contributed by atoms with Crippen LogP contribution in [0.5, 0.6) is 5.75 Å². The number of hydrogen-bond acceptors (Lipinski definition) is 3. The van der Waals surface area contributed by atoms with Crippen LogP contribution in [0.1, 0.15) is 24.5 Å². The van der Waals surface area contributed by atoms with Gasteiger partial charge in [-0.25, -0.2) is 0 Å². The second kappa shape index (κ2) is 4.53. The number of aliphatic hydroxyl groups is 1. The fourth-order valence-corrected chi connectivity index (χ4v) is 1.97. The Hall–Kier alpha value is -1.55. The molecule has 0 saturated carbocycles. The number of likely N-dealkylation sites (tertiary alicyclic amines) is 1. The zero-order valence-corrected chi connectivity index (χ0v) is 8.97. The quantitative estimate of drug-likeness (QED) is 0.802. The number of β-amino-alcohol motifs (C(OH)–C–C–N with tert-alkyl or cyclic N) is 1. The number of phenols is 1. The number of carbonyl (C=O) groups is 1. The summed E-state index contributed by atoms with van der Waals surface area (Å²) in [5, 5.41) is 19.5. The number of para-hydroxylation sites is 1. The second-order valence-electron chi connectivity index (χ2n) is 4.02. The molecule has 1 aromatic carbocycles. The first-order valence-electron chi connectivity index (χ1n) is 5.42. The first-order chi connectivity index (χ1) is 7.68. The van der Waals surface area contributed by atoms with Gasteiger partial charge in [0.05, 0.1) is 6.54 Å². The van der Waals surface area contributed by atoms with E-state index in [4.69, 9.17) is 0 Å². The van der Waals surface area contributed by atoms with Crippen molar-refractivity contribution in [2.24, 2.45) is 0 Å². The van der Waals surface area contributed by atoms with Crippen molar-refractivity contribution in [3.05, 3.63) is 29.8 Å². The molecule has 2 rings (SSSR count). The molecular formula is C12H15NO3. The number of amides is 1. The maximum atomic E-state index is 11.4. The molecule has 2 N–H and O–H groups in total. The van der Waals surface area contributed by atoms with E-state index in [1.165, 1.54) is 6.07 Å². The molecular weight excluding hydrogens is 206 g/mol. The minimum atomic E-state index is -0.816. The number of carbonyl (C=O) groups excluding carboxylic acids is 1. The molecule has 1 atom stereocenters. The Labute approximate surface area is 94.1 Å². The van der Waals surface area contributed by atoms with Gasteiger partial charge in [0, 0.05) is 18.5 Å². The fourth-order valence-electron chi connectivity index (χ4n) is 1.97. The normalized spacial score (nSPS) is 17.8. The van der Waals surface area contributed by atoms with Crippen LogP contribution in [-0.4, -0.2) is 34.1 Å². The lowest BCUT2D eigenvalue weighted by Crippen LogP contribution is -2.29. The second-order valence-corrected chi connectivity index (χ2v) is 4.02. The summed E-state index contributed by atoms with van der Waals surface area (Å²) in [7, 11) is 0. The van der Waals surface area contributed by atoms with Crippen molar-refractivity contribution in [1.29, 1.82) is 0 Å². The summed E-state index contributed by atoms with van der Waals surface area (Å²) in [6, 6.07) is 6.65. The van der Waals surface area contributed by atoms with Crippen molar-refractivity contribution in [2.45, 2.75) is 18.9 Å². The summed E-state index contributed by atoms with van der Waals surface area (Å²) < 4.78 is 0. The summed E-state index contributed by atoms with van der Waals surface area (Å²) in [5.41, 5.74) is 0.474. The molecule has 0 spiro atoms. The Kier molecular flexibility index (Phi) is 3.10. The van der Waals surface area contributed by atoms with Crippen LogP contribution in [0.4, 0.5) is 0 Å². The molecule has 1 heterocycles. The molecule has 0 radical (unpaired) electrons. The van der Waals surface area contributed by atoms with Gasteiger partial charge >= 0.3 is 0 Å². The highest BCUT2D eigenvalue weighted by molar-refractivity contribution is 5.78. The van der Waals surface area contributed by atoms with Crippen LogP contribution in [-0.2, 0) is 4.79 Å². The van der Waals surface area contributed by atoms with Gasteiger partial charge in [-0.3, -0.25) is 4.79 Å². The monoisotopic (exact) mass is 221 g/mol. The number of aliphatic hydroxyl groups excluding tert-OH is 1. The lowest BCUT2D eigenvalue weighted by Gasteiger charge is -2.20. The van der Waals surface area contributed by atoms with Crippen LogP contribution < -0.4 is 0 Å². The molecule has 1 amide bonds. The van der Waals surface area contributed by atoms with Gasteiger partial charge in [-0.05, 0) is 12.5 Å². The minimum Gasteiger partial charge on any atom is -0.508 e. The van der Waals surface area contributed by atoms with Crippen LogP contribution in [0.15, 0.2) is 24.3 Å². The van der Waals surface area contributed by atoms with Gasteiger partial charge in [0.2, 0.25) is 5.91 Å². The van der Waals surface area contributed by atoms with Crippen LogP contribution in [0.2, 0.25) is 0 Å². The van der Waals surface area contributed by atoms with E-state index in [1.807, 2.05) is 0 Å². The summed E-state index contributed by atoms with van der Waals surface area (Å²) >= 11 is 0. The van der Waals surface area contributed by atoms with Gasteiger partial charge < -0.3 is 15.1 Å². The van der Waals surface area contributed by atoms with Gasteiger partial charge in [0.15, 0.2) is 0 Å². The molecule has 16 heavy (non-hydrogen) atoms. The van der Waals surface area contributed by atoms with E-state index in [9.17, 15) is 15.0 Å². The lowest BCUT2D eigenvalue weighted by molar-refractivity contribution is -0.128. The Morgan fingerprint density at radius 2 is 2.12 bits per heavy atom. The zero-order valence-electron chi connectivity index (χ0n) is 8.97. The minimum absolute atomic E-state index is 0.0710. The van der Waals surface area contributed by atoms with Crippen molar-refractivity contribution >= 4 is 5.91 Å². The predicted molar refractivity (Wildman–Crippen MR) is 58.9 cm³/mol. The Morgan fingerprint density at radius 1 is 1.38 bits per heavy atom. The molecule has 1 saturated heterocycles. The zero-order chi connectivity index (χ0) is 11.5. The van der Waals surface area contributed by atoms with E-state index in [0.717, 1.165) is 6.42 Å². The first-order valence-corrected chi connectivity index (χ1v) is 5.42. The average Bonchev–Trinajstić information content (AvgIpc) is 2.65. The number of nitrogens with zero attached hydrogens (tertiary/aromatic N) is 1. The van der Waals surface area contributed by atoms with E-state index in [-0.39, 0.29) is 18.2 Å². The average molecular weight is 221 g/mol. The molecule has 1 fully saturated rings. The predicted octanol–water partition coefficient (Wildman–Crippen LogP) is 1.05. The van der Waals surface area contributed by atoms with E-state index >= 15 is 0 Å². The summed E-state index contributed by atoms with van der Waals surface area (Å²) in [6.07, 6.45) is 0.600. The van der Waals surface area contributed by atoms with Gasteiger partial charge in [0.1, 0.15) is 11.9 Å².